The fourth-order valence-electron chi connectivity index (χ4n) is 2.32. The molecule has 0 aromatic heterocycles. The van der Waals surface area contributed by atoms with Crippen molar-refractivity contribution in [3.05, 3.63) is 0 Å². The predicted octanol–water partition coefficient (Wildman–Crippen LogP) is 0.0146. The van der Waals surface area contributed by atoms with E-state index in [1.165, 1.54) is 0 Å². The average molecular weight is 258 g/mol. The van der Waals surface area contributed by atoms with Crippen molar-refractivity contribution >= 4 is 23.6 Å². The zero-order chi connectivity index (χ0) is 12.3. The number of likely N-dealkylation sites (tertiary alicyclic amines) is 1. The van der Waals surface area contributed by atoms with Crippen molar-refractivity contribution in [1.29, 1.82) is 0 Å². The number of hydrogen-bond acceptors (Lipinski definition) is 4. The van der Waals surface area contributed by atoms with E-state index in [9.17, 15) is 9.59 Å². The second-order valence-corrected chi connectivity index (χ2v) is 5.69. The maximum atomic E-state index is 12.2. The van der Waals surface area contributed by atoms with Crippen LogP contribution in [0.4, 0.5) is 0 Å². The summed E-state index contributed by atoms with van der Waals surface area (Å²) in [4.78, 5) is 24.8. The van der Waals surface area contributed by atoms with Crippen molar-refractivity contribution in [1.82, 2.24) is 10.2 Å². The third-order valence-corrected chi connectivity index (χ3v) is 4.36. The summed E-state index contributed by atoms with van der Waals surface area (Å²) in [6, 6.07) is -0.124. The molecule has 2 N–H and O–H groups in total. The van der Waals surface area contributed by atoms with E-state index in [1.807, 2.05) is 0 Å². The van der Waals surface area contributed by atoms with Crippen molar-refractivity contribution in [2.75, 3.05) is 31.1 Å². The van der Waals surface area contributed by atoms with E-state index in [0.717, 1.165) is 24.5 Å². The number of carbonyl (C=O) groups is 2. The molecule has 5 nitrogen and oxygen atoms in total. The summed E-state index contributed by atoms with van der Waals surface area (Å²) in [7, 11) is 0. The summed E-state index contributed by atoms with van der Waals surface area (Å²) in [5.74, 6) is 0.745. The van der Waals surface area contributed by atoms with Gasteiger partial charge in [-0.3, -0.25) is 9.59 Å². The first-order valence-corrected chi connectivity index (χ1v) is 7.16. The van der Waals surface area contributed by atoms with Crippen LogP contribution in [0.25, 0.3) is 0 Å². The van der Waals surface area contributed by atoms with Gasteiger partial charge in [0.15, 0.2) is 0 Å². The quantitative estimate of drug-likeness (QED) is 0.730. The van der Waals surface area contributed by atoms with E-state index in [-0.39, 0.29) is 17.9 Å². The number of carboxylic acid groups (broad SMARTS) is 1. The van der Waals surface area contributed by atoms with Gasteiger partial charge in [-0.05, 0) is 12.8 Å². The van der Waals surface area contributed by atoms with Gasteiger partial charge in [-0.25, -0.2) is 0 Å². The first kappa shape index (κ1) is 12.7. The molecule has 0 radical (unpaired) electrons. The van der Waals surface area contributed by atoms with E-state index >= 15 is 0 Å². The number of nitrogens with zero attached hydrogens (tertiary/aromatic N) is 1. The molecule has 0 saturated carbocycles. The van der Waals surface area contributed by atoms with E-state index in [2.05, 4.69) is 5.32 Å². The summed E-state index contributed by atoms with van der Waals surface area (Å²) in [6.07, 6.45) is 1.48. The molecule has 1 amide bonds. The number of thioether (sulfide) groups is 1. The van der Waals surface area contributed by atoms with E-state index in [4.69, 9.17) is 5.11 Å². The molecule has 2 fully saturated rings. The van der Waals surface area contributed by atoms with Crippen molar-refractivity contribution in [2.45, 2.75) is 18.9 Å². The molecule has 2 atom stereocenters. The van der Waals surface area contributed by atoms with Crippen LogP contribution >= 0.6 is 11.8 Å². The Morgan fingerprint density at radius 2 is 2.24 bits per heavy atom. The standard InChI is InChI=1S/C11H18N2O3S/c14-10(9-7-17-5-3-12-9)13-4-1-2-8(6-13)11(15)16/h8-9,12H,1-7H2,(H,15,16)/t8-,9?/m0/s1. The highest BCUT2D eigenvalue weighted by Crippen LogP contribution is 2.19. The number of amides is 1. The molecule has 1 unspecified atom stereocenters. The molecule has 6 heteroatoms. The zero-order valence-corrected chi connectivity index (χ0v) is 10.5. The topological polar surface area (TPSA) is 69.6 Å². The Balaban J connectivity index is 1.91. The number of rotatable bonds is 2. The maximum Gasteiger partial charge on any atom is 0.308 e. The zero-order valence-electron chi connectivity index (χ0n) is 9.72. The Labute approximate surface area is 105 Å². The summed E-state index contributed by atoms with van der Waals surface area (Å²) in [5, 5.41) is 12.2. The Morgan fingerprint density at radius 1 is 1.41 bits per heavy atom. The van der Waals surface area contributed by atoms with Crippen LogP contribution in [-0.4, -0.2) is 59.1 Å². The Hall–Kier alpha value is -0.750. The van der Waals surface area contributed by atoms with E-state index in [0.29, 0.717) is 19.5 Å². The fraction of sp³-hybridized carbons (Fsp3) is 0.818. The highest BCUT2D eigenvalue weighted by Gasteiger charge is 2.32. The van der Waals surface area contributed by atoms with Crippen LogP contribution in [-0.2, 0) is 9.59 Å². The number of piperidine rings is 1. The number of aliphatic carboxylic acids is 1. The summed E-state index contributed by atoms with van der Waals surface area (Å²) in [5.41, 5.74) is 0. The molecule has 0 aromatic carbocycles. The van der Waals surface area contributed by atoms with Gasteiger partial charge in [0, 0.05) is 31.1 Å². The average Bonchev–Trinajstić information content (AvgIpc) is 2.39. The lowest BCUT2D eigenvalue weighted by Crippen LogP contribution is -2.53. The first-order valence-electron chi connectivity index (χ1n) is 6.01. The molecule has 0 aromatic rings. The van der Waals surface area contributed by atoms with E-state index in [1.54, 1.807) is 16.7 Å². The summed E-state index contributed by atoms with van der Waals surface area (Å²) in [6.45, 7) is 1.93. The minimum absolute atomic E-state index is 0.0724. The molecule has 2 saturated heterocycles. The lowest BCUT2D eigenvalue weighted by Gasteiger charge is -2.34. The largest absolute Gasteiger partial charge is 0.481 e. The van der Waals surface area contributed by atoms with Gasteiger partial charge in [0.1, 0.15) is 0 Å². The van der Waals surface area contributed by atoms with Gasteiger partial charge >= 0.3 is 5.97 Å². The predicted molar refractivity (Wildman–Crippen MR) is 66.1 cm³/mol. The van der Waals surface area contributed by atoms with Crippen molar-refractivity contribution in [2.24, 2.45) is 5.92 Å². The minimum atomic E-state index is -0.784. The number of carbonyl (C=O) groups excluding carboxylic acids is 1. The molecular weight excluding hydrogens is 240 g/mol. The van der Waals surface area contributed by atoms with Crippen molar-refractivity contribution < 1.29 is 14.7 Å². The molecule has 0 aliphatic carbocycles. The molecule has 96 valence electrons. The number of carboxylic acids is 1. The van der Waals surface area contributed by atoms with Crippen LogP contribution in [0.15, 0.2) is 0 Å². The van der Waals surface area contributed by atoms with Gasteiger partial charge in [0.05, 0.1) is 12.0 Å². The van der Waals surface area contributed by atoms with Gasteiger partial charge < -0.3 is 15.3 Å². The maximum absolute atomic E-state index is 12.2. The Bertz CT molecular complexity index is 305. The SMILES string of the molecule is O=C(O)[C@H]1CCCN(C(=O)C2CSCCN2)C1. The molecule has 17 heavy (non-hydrogen) atoms. The molecule has 2 aliphatic heterocycles. The minimum Gasteiger partial charge on any atom is -0.481 e. The van der Waals surface area contributed by atoms with Crippen LogP contribution in [0.1, 0.15) is 12.8 Å². The highest BCUT2D eigenvalue weighted by atomic mass is 32.2. The lowest BCUT2D eigenvalue weighted by molar-refractivity contribution is -0.146. The molecule has 0 bridgehead atoms. The smallest absolute Gasteiger partial charge is 0.308 e. The van der Waals surface area contributed by atoms with Gasteiger partial charge in [-0.2, -0.15) is 11.8 Å². The third-order valence-electron chi connectivity index (χ3n) is 3.30. The van der Waals surface area contributed by atoms with E-state index < -0.39 is 5.97 Å². The summed E-state index contributed by atoms with van der Waals surface area (Å²) >= 11 is 1.78. The second-order valence-electron chi connectivity index (χ2n) is 4.54. The Morgan fingerprint density at radius 3 is 2.88 bits per heavy atom. The van der Waals surface area contributed by atoms with Gasteiger partial charge in [-0.15, -0.1) is 0 Å². The molecule has 2 aliphatic rings. The van der Waals surface area contributed by atoms with Crippen LogP contribution in [0.3, 0.4) is 0 Å². The van der Waals surface area contributed by atoms with Gasteiger partial charge in [0.25, 0.3) is 0 Å². The van der Waals surface area contributed by atoms with Crippen molar-refractivity contribution in [3.63, 3.8) is 0 Å². The molecule has 0 spiro atoms. The number of hydrogen-bond donors (Lipinski definition) is 2. The lowest BCUT2D eigenvalue weighted by atomic mass is 9.98. The van der Waals surface area contributed by atoms with Gasteiger partial charge in [-0.1, -0.05) is 0 Å². The third kappa shape index (κ3) is 3.13. The van der Waals surface area contributed by atoms with Crippen LogP contribution in [0.5, 0.6) is 0 Å². The summed E-state index contributed by atoms with van der Waals surface area (Å²) < 4.78 is 0. The molecule has 2 rings (SSSR count). The first-order chi connectivity index (χ1) is 8.18. The molecular formula is C11H18N2O3S. The van der Waals surface area contributed by atoms with Crippen LogP contribution in [0.2, 0.25) is 0 Å². The monoisotopic (exact) mass is 258 g/mol. The van der Waals surface area contributed by atoms with Gasteiger partial charge in [0.2, 0.25) is 5.91 Å². The van der Waals surface area contributed by atoms with Crippen LogP contribution < -0.4 is 5.32 Å². The number of nitrogens with one attached hydrogen (secondary N) is 1. The normalized spacial score (nSPS) is 30.0. The van der Waals surface area contributed by atoms with Crippen LogP contribution in [0, 0.1) is 5.92 Å². The highest BCUT2D eigenvalue weighted by molar-refractivity contribution is 7.99. The van der Waals surface area contributed by atoms with Crippen molar-refractivity contribution in [3.8, 4) is 0 Å². The second kappa shape index (κ2) is 5.73. The molecule has 2 heterocycles. The fourth-order valence-corrected chi connectivity index (χ4v) is 3.25. The Kier molecular flexibility index (Phi) is 4.28.